The molecule has 0 bridgehead atoms. The van der Waals surface area contributed by atoms with Crippen LogP contribution in [0.3, 0.4) is 0 Å². The molecule has 2 fully saturated rings. The van der Waals surface area contributed by atoms with Crippen molar-refractivity contribution in [3.05, 3.63) is 0 Å². The van der Waals surface area contributed by atoms with Gasteiger partial charge in [-0.1, -0.05) is 25.7 Å². The molecule has 0 aromatic carbocycles. The molecule has 1 amide bonds. The van der Waals surface area contributed by atoms with E-state index in [9.17, 15) is 4.79 Å². The van der Waals surface area contributed by atoms with E-state index in [1.807, 2.05) is 20.8 Å². The van der Waals surface area contributed by atoms with Crippen LogP contribution < -0.4 is 11.1 Å². The van der Waals surface area contributed by atoms with E-state index in [4.69, 9.17) is 10.5 Å². The van der Waals surface area contributed by atoms with Gasteiger partial charge in [-0.05, 0) is 33.6 Å². The number of carbonyl (C=O) groups is 1. The first kappa shape index (κ1) is 16.9. The van der Waals surface area contributed by atoms with Gasteiger partial charge in [-0.25, -0.2) is 4.79 Å². The molecule has 1 aliphatic heterocycles. The fourth-order valence-electron chi connectivity index (χ4n) is 2.88. The molecule has 1 saturated heterocycles. The molecule has 0 spiro atoms. The van der Waals surface area contributed by atoms with Gasteiger partial charge in [0.05, 0.1) is 12.1 Å². The van der Waals surface area contributed by atoms with Crippen molar-refractivity contribution in [1.29, 1.82) is 0 Å². The Bertz CT molecular complexity index is 403. The SMILES string of the molecule is CC(C)(C)OC(=O)N1CC(NC(N)=NC2CCCCCC2)C1. The molecule has 126 valence electrons. The number of aliphatic imine (C=N–C) groups is 1. The molecule has 1 aliphatic carbocycles. The number of nitrogens with one attached hydrogen (secondary N) is 1. The standard InChI is InChI=1S/C16H30N4O2/c1-16(2,3)22-15(21)20-10-13(11-20)19-14(17)18-12-8-6-4-5-7-9-12/h12-13H,4-11H2,1-3H3,(H3,17,18,19). The van der Waals surface area contributed by atoms with Gasteiger partial charge in [0.25, 0.3) is 0 Å². The first-order valence-electron chi connectivity index (χ1n) is 8.41. The summed E-state index contributed by atoms with van der Waals surface area (Å²) in [4.78, 5) is 18.1. The van der Waals surface area contributed by atoms with E-state index >= 15 is 0 Å². The molecular formula is C16H30N4O2. The zero-order valence-electron chi connectivity index (χ0n) is 14.1. The molecule has 0 aromatic rings. The Morgan fingerprint density at radius 1 is 1.18 bits per heavy atom. The summed E-state index contributed by atoms with van der Waals surface area (Å²) >= 11 is 0. The molecule has 0 unspecified atom stereocenters. The van der Waals surface area contributed by atoms with E-state index in [2.05, 4.69) is 10.3 Å². The molecule has 2 rings (SSSR count). The Labute approximate surface area is 133 Å². The van der Waals surface area contributed by atoms with Crippen LogP contribution in [0, 0.1) is 0 Å². The van der Waals surface area contributed by atoms with Crippen LogP contribution in [0.5, 0.6) is 0 Å². The van der Waals surface area contributed by atoms with Crippen molar-refractivity contribution in [2.45, 2.75) is 77.0 Å². The van der Waals surface area contributed by atoms with Crippen molar-refractivity contribution in [2.24, 2.45) is 10.7 Å². The Morgan fingerprint density at radius 3 is 2.32 bits per heavy atom. The lowest BCUT2D eigenvalue weighted by Gasteiger charge is -2.40. The Balaban J connectivity index is 1.71. The van der Waals surface area contributed by atoms with Crippen LogP contribution in [-0.2, 0) is 4.74 Å². The predicted octanol–water partition coefficient (Wildman–Crippen LogP) is 2.23. The Morgan fingerprint density at radius 2 is 1.77 bits per heavy atom. The molecule has 3 N–H and O–H groups in total. The maximum atomic E-state index is 11.8. The number of hydrogen-bond donors (Lipinski definition) is 2. The smallest absolute Gasteiger partial charge is 0.410 e. The summed E-state index contributed by atoms with van der Waals surface area (Å²) in [5.74, 6) is 0.515. The number of nitrogens with two attached hydrogens (primary N) is 1. The summed E-state index contributed by atoms with van der Waals surface area (Å²) < 4.78 is 5.33. The van der Waals surface area contributed by atoms with E-state index in [0.717, 1.165) is 12.8 Å². The van der Waals surface area contributed by atoms with Crippen LogP contribution >= 0.6 is 0 Å². The largest absolute Gasteiger partial charge is 0.444 e. The fraction of sp³-hybridized carbons (Fsp3) is 0.875. The van der Waals surface area contributed by atoms with Crippen LogP contribution in [0.2, 0.25) is 0 Å². The van der Waals surface area contributed by atoms with E-state index in [1.165, 1.54) is 25.7 Å². The highest BCUT2D eigenvalue weighted by Crippen LogP contribution is 2.20. The topological polar surface area (TPSA) is 80.0 Å². The van der Waals surface area contributed by atoms with Crippen molar-refractivity contribution in [1.82, 2.24) is 10.2 Å². The quantitative estimate of drug-likeness (QED) is 0.466. The van der Waals surface area contributed by atoms with Gasteiger partial charge in [-0.3, -0.25) is 4.99 Å². The van der Waals surface area contributed by atoms with Crippen molar-refractivity contribution >= 4 is 12.1 Å². The number of hydrogen-bond acceptors (Lipinski definition) is 3. The normalized spacial score (nSPS) is 22.0. The number of rotatable bonds is 2. The zero-order valence-corrected chi connectivity index (χ0v) is 14.1. The van der Waals surface area contributed by atoms with Crippen molar-refractivity contribution in [3.63, 3.8) is 0 Å². The third-order valence-electron chi connectivity index (χ3n) is 4.03. The third kappa shape index (κ3) is 5.39. The molecule has 1 heterocycles. The second-order valence-electron chi connectivity index (χ2n) is 7.39. The van der Waals surface area contributed by atoms with Crippen molar-refractivity contribution in [2.75, 3.05) is 13.1 Å². The molecule has 22 heavy (non-hydrogen) atoms. The summed E-state index contributed by atoms with van der Waals surface area (Å²) in [5, 5.41) is 3.21. The number of carbonyl (C=O) groups excluding carboxylic acids is 1. The monoisotopic (exact) mass is 310 g/mol. The minimum atomic E-state index is -0.449. The van der Waals surface area contributed by atoms with E-state index in [0.29, 0.717) is 25.1 Å². The van der Waals surface area contributed by atoms with Crippen LogP contribution in [0.15, 0.2) is 4.99 Å². The molecule has 1 saturated carbocycles. The Kier molecular flexibility index (Phi) is 5.53. The summed E-state index contributed by atoms with van der Waals surface area (Å²) in [6.45, 7) is 6.86. The second-order valence-corrected chi connectivity index (χ2v) is 7.39. The maximum absolute atomic E-state index is 11.8. The predicted molar refractivity (Wildman–Crippen MR) is 87.8 cm³/mol. The number of ether oxygens (including phenoxy) is 1. The molecule has 0 atom stereocenters. The first-order valence-corrected chi connectivity index (χ1v) is 8.41. The summed E-state index contributed by atoms with van der Waals surface area (Å²) in [7, 11) is 0. The first-order chi connectivity index (χ1) is 10.3. The molecular weight excluding hydrogens is 280 g/mol. The van der Waals surface area contributed by atoms with Gasteiger partial charge in [0.2, 0.25) is 0 Å². The molecule has 6 heteroatoms. The Hall–Kier alpha value is -1.46. The van der Waals surface area contributed by atoms with Gasteiger partial charge in [0.1, 0.15) is 5.60 Å². The average molecular weight is 310 g/mol. The number of amides is 1. The fourth-order valence-corrected chi connectivity index (χ4v) is 2.88. The van der Waals surface area contributed by atoms with Gasteiger partial charge >= 0.3 is 6.09 Å². The minimum absolute atomic E-state index is 0.182. The van der Waals surface area contributed by atoms with E-state index in [1.54, 1.807) is 4.90 Å². The third-order valence-corrected chi connectivity index (χ3v) is 4.03. The van der Waals surface area contributed by atoms with Crippen LogP contribution in [0.1, 0.15) is 59.3 Å². The lowest BCUT2D eigenvalue weighted by atomic mass is 10.1. The zero-order chi connectivity index (χ0) is 16.2. The van der Waals surface area contributed by atoms with Gasteiger partial charge in [0.15, 0.2) is 5.96 Å². The van der Waals surface area contributed by atoms with Crippen molar-refractivity contribution in [3.8, 4) is 0 Å². The van der Waals surface area contributed by atoms with Gasteiger partial charge in [0, 0.05) is 13.1 Å². The molecule has 2 aliphatic rings. The van der Waals surface area contributed by atoms with E-state index in [-0.39, 0.29) is 12.1 Å². The lowest BCUT2D eigenvalue weighted by Crippen LogP contribution is -2.62. The van der Waals surface area contributed by atoms with Crippen molar-refractivity contribution < 1.29 is 9.53 Å². The van der Waals surface area contributed by atoms with Gasteiger partial charge in [-0.2, -0.15) is 0 Å². The molecule has 0 aromatic heterocycles. The average Bonchev–Trinajstić information content (AvgIpc) is 2.59. The highest BCUT2D eigenvalue weighted by Gasteiger charge is 2.33. The highest BCUT2D eigenvalue weighted by molar-refractivity contribution is 5.79. The van der Waals surface area contributed by atoms with Gasteiger partial charge < -0.3 is 20.7 Å². The minimum Gasteiger partial charge on any atom is -0.444 e. The summed E-state index contributed by atoms with van der Waals surface area (Å²) in [6.07, 6.45) is 7.13. The number of nitrogens with zero attached hydrogens (tertiary/aromatic N) is 2. The molecule has 6 nitrogen and oxygen atoms in total. The van der Waals surface area contributed by atoms with Crippen LogP contribution in [0.4, 0.5) is 4.79 Å². The lowest BCUT2D eigenvalue weighted by molar-refractivity contribution is 0.00705. The molecule has 0 radical (unpaired) electrons. The van der Waals surface area contributed by atoms with Crippen LogP contribution in [0.25, 0.3) is 0 Å². The summed E-state index contributed by atoms with van der Waals surface area (Å²) in [6, 6.07) is 0.541. The van der Waals surface area contributed by atoms with E-state index < -0.39 is 5.60 Å². The maximum Gasteiger partial charge on any atom is 0.410 e. The number of guanidine groups is 1. The van der Waals surface area contributed by atoms with Gasteiger partial charge in [-0.15, -0.1) is 0 Å². The highest BCUT2D eigenvalue weighted by atomic mass is 16.6. The second kappa shape index (κ2) is 7.20. The van der Waals surface area contributed by atoms with Crippen LogP contribution in [-0.4, -0.2) is 47.7 Å². The number of likely N-dealkylation sites (tertiary alicyclic amines) is 1. The summed E-state index contributed by atoms with van der Waals surface area (Å²) in [5.41, 5.74) is 5.54.